The second-order valence-electron chi connectivity index (χ2n) is 7.81. The number of nitrogen functional groups attached to an aromatic ring is 1. The monoisotopic (exact) mass is 414 g/mol. The maximum Gasteiger partial charge on any atom is 0.228 e. The molecule has 0 saturated heterocycles. The van der Waals surface area contributed by atoms with Crippen molar-refractivity contribution in [2.45, 2.75) is 25.3 Å². The van der Waals surface area contributed by atoms with Gasteiger partial charge in [0.15, 0.2) is 11.5 Å². The molecule has 154 valence electrons. The van der Waals surface area contributed by atoms with E-state index in [0.717, 1.165) is 25.5 Å². The van der Waals surface area contributed by atoms with E-state index < -0.39 is 5.82 Å². The SMILES string of the molecule is Nc1cnn2c(N[C@@H]3CCc4[nH]c5ccccc5c4C3)nc(-c3cncc(F)c3)nc12. The summed E-state index contributed by atoms with van der Waals surface area (Å²) in [7, 11) is 0. The van der Waals surface area contributed by atoms with E-state index in [2.05, 4.69) is 48.6 Å². The first-order chi connectivity index (χ1) is 15.2. The number of nitrogens with two attached hydrogens (primary N) is 1. The highest BCUT2D eigenvalue weighted by Gasteiger charge is 2.24. The molecule has 1 aliphatic carbocycles. The van der Waals surface area contributed by atoms with E-state index in [0.29, 0.717) is 28.7 Å². The fourth-order valence-corrected chi connectivity index (χ4v) is 4.33. The first-order valence-electron chi connectivity index (χ1n) is 10.1. The van der Waals surface area contributed by atoms with Crippen molar-refractivity contribution in [3.63, 3.8) is 0 Å². The van der Waals surface area contributed by atoms with Crippen LogP contribution in [0.3, 0.4) is 0 Å². The lowest BCUT2D eigenvalue weighted by Crippen LogP contribution is -2.29. The third-order valence-electron chi connectivity index (χ3n) is 5.79. The molecule has 0 spiro atoms. The van der Waals surface area contributed by atoms with Crippen molar-refractivity contribution in [1.29, 1.82) is 0 Å². The predicted molar refractivity (Wildman–Crippen MR) is 116 cm³/mol. The Hall–Kier alpha value is -4.01. The van der Waals surface area contributed by atoms with Crippen LogP contribution in [0.4, 0.5) is 16.0 Å². The molecular weight excluding hydrogens is 395 g/mol. The average Bonchev–Trinajstić information content (AvgIpc) is 3.34. The van der Waals surface area contributed by atoms with E-state index in [1.807, 2.05) is 6.07 Å². The molecule has 0 bridgehead atoms. The minimum Gasteiger partial charge on any atom is -0.394 e. The zero-order valence-electron chi connectivity index (χ0n) is 16.5. The number of aromatic nitrogens is 6. The van der Waals surface area contributed by atoms with Gasteiger partial charge in [0.25, 0.3) is 0 Å². The lowest BCUT2D eigenvalue weighted by molar-refractivity contribution is 0.599. The summed E-state index contributed by atoms with van der Waals surface area (Å²) in [5, 5.41) is 9.11. The molecule has 5 aromatic rings. The van der Waals surface area contributed by atoms with Crippen LogP contribution in [0.2, 0.25) is 0 Å². The Labute approximate surface area is 176 Å². The fourth-order valence-electron chi connectivity index (χ4n) is 4.33. The second-order valence-corrected chi connectivity index (χ2v) is 7.81. The van der Waals surface area contributed by atoms with Crippen LogP contribution in [-0.4, -0.2) is 35.6 Å². The summed E-state index contributed by atoms with van der Waals surface area (Å²) in [6.45, 7) is 0. The van der Waals surface area contributed by atoms with Crippen LogP contribution in [0.15, 0.2) is 48.9 Å². The summed E-state index contributed by atoms with van der Waals surface area (Å²) in [5.74, 6) is 0.420. The van der Waals surface area contributed by atoms with Crippen molar-refractivity contribution in [2.24, 2.45) is 0 Å². The number of para-hydroxylation sites is 1. The smallest absolute Gasteiger partial charge is 0.228 e. The van der Waals surface area contributed by atoms with Crippen LogP contribution in [0, 0.1) is 5.82 Å². The largest absolute Gasteiger partial charge is 0.394 e. The number of benzene rings is 1. The van der Waals surface area contributed by atoms with Gasteiger partial charge in [-0.15, -0.1) is 0 Å². The Balaban J connectivity index is 1.39. The van der Waals surface area contributed by atoms with Crippen molar-refractivity contribution in [2.75, 3.05) is 11.1 Å². The molecular formula is C22H19FN8. The first kappa shape index (κ1) is 17.8. The van der Waals surface area contributed by atoms with Gasteiger partial charge < -0.3 is 16.0 Å². The van der Waals surface area contributed by atoms with Crippen molar-refractivity contribution < 1.29 is 4.39 Å². The van der Waals surface area contributed by atoms with Crippen molar-refractivity contribution >= 4 is 28.2 Å². The Morgan fingerprint density at radius 3 is 2.97 bits per heavy atom. The van der Waals surface area contributed by atoms with Gasteiger partial charge in [-0.05, 0) is 37.0 Å². The van der Waals surface area contributed by atoms with E-state index in [1.165, 1.54) is 34.4 Å². The molecule has 4 aromatic heterocycles. The van der Waals surface area contributed by atoms with Crippen molar-refractivity contribution in [1.82, 2.24) is 29.5 Å². The first-order valence-corrected chi connectivity index (χ1v) is 10.1. The van der Waals surface area contributed by atoms with Gasteiger partial charge in [0.05, 0.1) is 18.1 Å². The Bertz CT molecular complexity index is 1440. The van der Waals surface area contributed by atoms with Gasteiger partial charge in [-0.1, -0.05) is 18.2 Å². The van der Waals surface area contributed by atoms with Crippen LogP contribution >= 0.6 is 0 Å². The predicted octanol–water partition coefficient (Wildman–Crippen LogP) is 3.36. The Morgan fingerprint density at radius 1 is 1.16 bits per heavy atom. The molecule has 1 atom stereocenters. The molecule has 4 N–H and O–H groups in total. The lowest BCUT2D eigenvalue weighted by Gasteiger charge is -2.24. The van der Waals surface area contributed by atoms with Crippen molar-refractivity contribution in [3.05, 3.63) is 66.0 Å². The maximum absolute atomic E-state index is 13.7. The topological polar surface area (TPSA) is 110 Å². The van der Waals surface area contributed by atoms with Crippen LogP contribution in [0.25, 0.3) is 27.9 Å². The maximum atomic E-state index is 13.7. The number of nitrogens with one attached hydrogen (secondary N) is 2. The highest BCUT2D eigenvalue weighted by molar-refractivity contribution is 5.85. The minimum absolute atomic E-state index is 0.161. The Morgan fingerprint density at radius 2 is 2.06 bits per heavy atom. The summed E-state index contributed by atoms with van der Waals surface area (Å²) in [6.07, 6.45) is 6.97. The molecule has 0 unspecified atom stereocenters. The molecule has 0 amide bonds. The van der Waals surface area contributed by atoms with Crippen LogP contribution in [0.1, 0.15) is 17.7 Å². The zero-order chi connectivity index (χ0) is 20.9. The van der Waals surface area contributed by atoms with Gasteiger partial charge in [0.1, 0.15) is 5.82 Å². The van der Waals surface area contributed by atoms with Crippen LogP contribution in [0.5, 0.6) is 0 Å². The number of nitrogens with zero attached hydrogens (tertiary/aromatic N) is 5. The molecule has 8 nitrogen and oxygen atoms in total. The third-order valence-corrected chi connectivity index (χ3v) is 5.79. The number of aromatic amines is 1. The second kappa shape index (κ2) is 6.76. The molecule has 9 heteroatoms. The molecule has 31 heavy (non-hydrogen) atoms. The van der Waals surface area contributed by atoms with Crippen molar-refractivity contribution in [3.8, 4) is 11.4 Å². The van der Waals surface area contributed by atoms with E-state index in [-0.39, 0.29) is 6.04 Å². The number of hydrogen-bond donors (Lipinski definition) is 3. The lowest BCUT2D eigenvalue weighted by atomic mass is 9.91. The molecule has 6 rings (SSSR count). The summed E-state index contributed by atoms with van der Waals surface area (Å²) in [4.78, 5) is 16.6. The zero-order valence-corrected chi connectivity index (χ0v) is 16.5. The molecule has 4 heterocycles. The molecule has 0 saturated carbocycles. The summed E-state index contributed by atoms with van der Waals surface area (Å²) < 4.78 is 15.3. The van der Waals surface area contributed by atoms with Gasteiger partial charge >= 0.3 is 0 Å². The Kier molecular flexibility index (Phi) is 3.89. The van der Waals surface area contributed by atoms with Gasteiger partial charge in [-0.25, -0.2) is 9.37 Å². The highest BCUT2D eigenvalue weighted by atomic mass is 19.1. The quantitative estimate of drug-likeness (QED) is 0.418. The molecule has 0 fully saturated rings. The van der Waals surface area contributed by atoms with E-state index >= 15 is 0 Å². The number of aryl methyl sites for hydroxylation is 1. The van der Waals surface area contributed by atoms with Crippen LogP contribution < -0.4 is 11.1 Å². The van der Waals surface area contributed by atoms with Gasteiger partial charge in [0.2, 0.25) is 5.95 Å². The molecule has 1 aromatic carbocycles. The van der Waals surface area contributed by atoms with Gasteiger partial charge in [-0.3, -0.25) is 4.98 Å². The molecule has 0 aliphatic heterocycles. The number of H-pyrrole nitrogens is 1. The molecule has 1 aliphatic rings. The minimum atomic E-state index is -0.448. The van der Waals surface area contributed by atoms with Crippen LogP contribution in [-0.2, 0) is 12.8 Å². The standard InChI is InChI=1S/C22H19FN8/c23-13-7-12(9-25-10-13)20-29-21-17(24)11-26-31(21)22(30-20)27-14-5-6-19-16(8-14)15-3-1-2-4-18(15)28-19/h1-4,7,9-11,14,28H,5-6,8,24H2,(H,27,29,30)/t14-/m1/s1. The molecule has 0 radical (unpaired) electrons. The van der Waals surface area contributed by atoms with E-state index in [9.17, 15) is 4.39 Å². The number of anilines is 2. The normalized spacial score (nSPS) is 16.0. The van der Waals surface area contributed by atoms with E-state index in [1.54, 1.807) is 10.7 Å². The summed E-state index contributed by atoms with van der Waals surface area (Å²) >= 11 is 0. The summed E-state index contributed by atoms with van der Waals surface area (Å²) in [6, 6.07) is 9.88. The van der Waals surface area contributed by atoms with Gasteiger partial charge in [-0.2, -0.15) is 14.6 Å². The van der Waals surface area contributed by atoms with Gasteiger partial charge in [0, 0.05) is 34.4 Å². The number of halogens is 1. The highest BCUT2D eigenvalue weighted by Crippen LogP contribution is 2.30. The fraction of sp³-hybridized carbons (Fsp3) is 0.182. The number of fused-ring (bicyclic) bond motifs is 4. The third kappa shape index (κ3) is 2.97. The number of hydrogen-bond acceptors (Lipinski definition) is 6. The van der Waals surface area contributed by atoms with E-state index in [4.69, 9.17) is 5.73 Å². The summed E-state index contributed by atoms with van der Waals surface area (Å²) in [5.41, 5.74) is 11.2. The number of rotatable bonds is 3. The average molecular weight is 414 g/mol. The number of pyridine rings is 1.